The molecular weight excluding hydrogens is 285 g/mol. The zero-order valence-corrected chi connectivity index (χ0v) is 9.27. The van der Waals surface area contributed by atoms with Gasteiger partial charge in [0.15, 0.2) is 0 Å². The van der Waals surface area contributed by atoms with Crippen LogP contribution in [-0.2, 0) is 4.79 Å². The summed E-state index contributed by atoms with van der Waals surface area (Å²) in [5.41, 5.74) is -0.454. The molecule has 7 heteroatoms. The van der Waals surface area contributed by atoms with Crippen LogP contribution in [0.15, 0.2) is 22.7 Å². The average Bonchev–Trinajstić information content (AvgIpc) is 2.18. The minimum Gasteiger partial charge on any atom is -0.478 e. The Bertz CT molecular complexity index is 487. The molecule has 0 unspecified atom stereocenters. The summed E-state index contributed by atoms with van der Waals surface area (Å²) in [6.07, 6.45) is 1.95. The van der Waals surface area contributed by atoms with Crippen molar-refractivity contribution in [3.05, 3.63) is 44.2 Å². The van der Waals surface area contributed by atoms with Gasteiger partial charge >= 0.3 is 11.7 Å². The van der Waals surface area contributed by atoms with Crippen LogP contribution in [-0.4, -0.2) is 16.0 Å². The molecule has 0 aromatic heterocycles. The zero-order valence-electron chi connectivity index (χ0n) is 7.68. The number of nitro groups is 1. The van der Waals surface area contributed by atoms with Gasteiger partial charge in [0.25, 0.3) is 0 Å². The number of carboxylic acids is 1. The Morgan fingerprint density at radius 2 is 2.19 bits per heavy atom. The smallest absolute Gasteiger partial charge is 0.328 e. The molecule has 1 aromatic rings. The molecule has 0 spiro atoms. The molecule has 0 saturated carbocycles. The third-order valence-corrected chi connectivity index (χ3v) is 2.36. The molecule has 0 atom stereocenters. The lowest BCUT2D eigenvalue weighted by Gasteiger charge is -1.99. The number of carbonyl (C=O) groups is 1. The number of rotatable bonds is 3. The molecule has 5 nitrogen and oxygen atoms in total. The fourth-order valence-corrected chi connectivity index (χ4v) is 1.44. The molecule has 1 N–H and O–H groups in total. The molecule has 0 aliphatic rings. The Morgan fingerprint density at radius 1 is 1.56 bits per heavy atom. The van der Waals surface area contributed by atoms with Gasteiger partial charge in [-0.05, 0) is 33.6 Å². The lowest BCUT2D eigenvalue weighted by atomic mass is 10.2. The van der Waals surface area contributed by atoms with Crippen molar-refractivity contribution in [2.24, 2.45) is 0 Å². The fraction of sp³-hybridized carbons (Fsp3) is 0. The van der Waals surface area contributed by atoms with E-state index in [0.29, 0.717) is 0 Å². The summed E-state index contributed by atoms with van der Waals surface area (Å²) in [7, 11) is 0. The summed E-state index contributed by atoms with van der Waals surface area (Å²) in [4.78, 5) is 19.8. The van der Waals surface area contributed by atoms with E-state index in [1.54, 1.807) is 0 Å². The van der Waals surface area contributed by atoms with E-state index in [-0.39, 0.29) is 10.0 Å². The number of benzene rings is 1. The minimum absolute atomic E-state index is 0.213. The number of carboxylic acid groups (broad SMARTS) is 1. The predicted octanol–water partition coefficient (Wildman–Crippen LogP) is 2.59. The third-order valence-electron chi connectivity index (χ3n) is 1.67. The molecule has 0 radical (unpaired) electrons. The molecule has 84 valence electrons. The van der Waals surface area contributed by atoms with Gasteiger partial charge in [-0.15, -0.1) is 0 Å². The largest absolute Gasteiger partial charge is 0.478 e. The number of aliphatic carboxylic acids is 1. The topological polar surface area (TPSA) is 80.4 Å². The number of hydrogen-bond donors (Lipinski definition) is 1. The highest BCUT2D eigenvalue weighted by molar-refractivity contribution is 9.10. The van der Waals surface area contributed by atoms with Crippen molar-refractivity contribution in [3.63, 3.8) is 0 Å². The first-order valence-electron chi connectivity index (χ1n) is 3.96. The van der Waals surface area contributed by atoms with Gasteiger partial charge in [-0.1, -0.05) is 0 Å². The molecule has 1 rings (SSSR count). The molecule has 0 aliphatic heterocycles. The van der Waals surface area contributed by atoms with Crippen LogP contribution in [0.5, 0.6) is 0 Å². The SMILES string of the molecule is O=C(O)/C=C/c1cc(F)c([N+](=O)[O-])cc1Br. The van der Waals surface area contributed by atoms with Crippen LogP contribution in [0.1, 0.15) is 5.56 Å². The Kier molecular flexibility index (Phi) is 3.73. The maximum atomic E-state index is 13.2. The second kappa shape index (κ2) is 4.84. The Hall–Kier alpha value is -1.76. The monoisotopic (exact) mass is 289 g/mol. The summed E-state index contributed by atoms with van der Waals surface area (Å²) in [6.45, 7) is 0. The van der Waals surface area contributed by atoms with Crippen molar-refractivity contribution in [1.29, 1.82) is 0 Å². The first-order valence-corrected chi connectivity index (χ1v) is 4.75. The zero-order chi connectivity index (χ0) is 12.3. The van der Waals surface area contributed by atoms with E-state index in [9.17, 15) is 19.3 Å². The summed E-state index contributed by atoms with van der Waals surface area (Å²) in [5.74, 6) is -2.20. The molecule has 16 heavy (non-hydrogen) atoms. The summed E-state index contributed by atoms with van der Waals surface area (Å²) < 4.78 is 13.4. The first kappa shape index (κ1) is 12.3. The van der Waals surface area contributed by atoms with Crippen LogP contribution in [0, 0.1) is 15.9 Å². The van der Waals surface area contributed by atoms with E-state index >= 15 is 0 Å². The van der Waals surface area contributed by atoms with Crippen LogP contribution in [0.2, 0.25) is 0 Å². The lowest BCUT2D eigenvalue weighted by molar-refractivity contribution is -0.387. The lowest BCUT2D eigenvalue weighted by Crippen LogP contribution is -1.94. The van der Waals surface area contributed by atoms with Gasteiger partial charge in [-0.2, -0.15) is 4.39 Å². The Morgan fingerprint density at radius 3 is 2.69 bits per heavy atom. The van der Waals surface area contributed by atoms with Gasteiger partial charge in [0.1, 0.15) is 0 Å². The van der Waals surface area contributed by atoms with E-state index in [4.69, 9.17) is 5.11 Å². The highest BCUT2D eigenvalue weighted by Gasteiger charge is 2.16. The molecule has 1 aromatic carbocycles. The fourth-order valence-electron chi connectivity index (χ4n) is 0.980. The van der Waals surface area contributed by atoms with Crippen molar-refractivity contribution in [2.75, 3.05) is 0 Å². The van der Waals surface area contributed by atoms with Crippen molar-refractivity contribution in [3.8, 4) is 0 Å². The number of hydrogen-bond acceptors (Lipinski definition) is 3. The van der Waals surface area contributed by atoms with Crippen molar-refractivity contribution in [1.82, 2.24) is 0 Å². The van der Waals surface area contributed by atoms with E-state index in [0.717, 1.165) is 24.3 Å². The second-order valence-electron chi connectivity index (χ2n) is 2.75. The summed E-state index contributed by atoms with van der Waals surface area (Å²) in [5, 5.41) is 18.8. The van der Waals surface area contributed by atoms with Crippen molar-refractivity contribution in [2.45, 2.75) is 0 Å². The van der Waals surface area contributed by atoms with Crippen LogP contribution in [0.25, 0.3) is 6.08 Å². The van der Waals surface area contributed by atoms with Crippen molar-refractivity contribution < 1.29 is 19.2 Å². The quantitative estimate of drug-likeness (QED) is 0.527. The molecular formula is C9H5BrFNO4. The van der Waals surface area contributed by atoms with E-state index in [1.165, 1.54) is 0 Å². The van der Waals surface area contributed by atoms with Gasteiger partial charge in [0.05, 0.1) is 4.92 Å². The van der Waals surface area contributed by atoms with E-state index in [1.807, 2.05) is 0 Å². The highest BCUT2D eigenvalue weighted by Crippen LogP contribution is 2.27. The predicted molar refractivity (Wildman–Crippen MR) is 57.4 cm³/mol. The third kappa shape index (κ3) is 2.86. The van der Waals surface area contributed by atoms with E-state index < -0.39 is 22.4 Å². The highest BCUT2D eigenvalue weighted by atomic mass is 79.9. The maximum Gasteiger partial charge on any atom is 0.328 e. The maximum absolute atomic E-state index is 13.2. The van der Waals surface area contributed by atoms with Crippen LogP contribution in [0.4, 0.5) is 10.1 Å². The number of nitrogens with zero attached hydrogens (tertiary/aromatic N) is 1. The minimum atomic E-state index is -1.19. The van der Waals surface area contributed by atoms with Gasteiger partial charge in [0.2, 0.25) is 5.82 Å². The summed E-state index contributed by atoms with van der Waals surface area (Å²) >= 11 is 2.98. The molecule has 0 saturated heterocycles. The normalized spacial score (nSPS) is 10.6. The van der Waals surface area contributed by atoms with Crippen LogP contribution < -0.4 is 0 Å². The van der Waals surface area contributed by atoms with Crippen molar-refractivity contribution >= 4 is 33.7 Å². The molecule has 0 fully saturated rings. The van der Waals surface area contributed by atoms with Gasteiger partial charge in [-0.25, -0.2) is 4.79 Å². The van der Waals surface area contributed by atoms with Gasteiger partial charge < -0.3 is 5.11 Å². The molecule has 0 amide bonds. The van der Waals surface area contributed by atoms with Crippen LogP contribution >= 0.6 is 15.9 Å². The van der Waals surface area contributed by atoms with Gasteiger partial charge in [-0.3, -0.25) is 10.1 Å². The molecule has 0 heterocycles. The Labute approximate surface area is 97.5 Å². The average molecular weight is 290 g/mol. The molecule has 0 aliphatic carbocycles. The second-order valence-corrected chi connectivity index (χ2v) is 3.61. The standard InChI is InChI=1S/C9H5BrFNO4/c10-6-4-8(12(15)16)7(11)3-5(6)1-2-9(13)14/h1-4H,(H,13,14)/b2-1+. The summed E-state index contributed by atoms with van der Waals surface area (Å²) in [6, 6.07) is 1.87. The molecule has 0 bridgehead atoms. The van der Waals surface area contributed by atoms with Gasteiger partial charge in [0, 0.05) is 16.6 Å². The number of halogens is 2. The Balaban J connectivity index is 3.20. The van der Waals surface area contributed by atoms with Crippen LogP contribution in [0.3, 0.4) is 0 Å². The first-order chi connectivity index (χ1) is 7.41. The number of nitro benzene ring substituents is 1. The van der Waals surface area contributed by atoms with E-state index in [2.05, 4.69) is 15.9 Å².